The number of hydrogen-bond acceptors (Lipinski definition) is 4. The van der Waals surface area contributed by atoms with Crippen LogP contribution in [0.25, 0.3) is 0 Å². The summed E-state index contributed by atoms with van der Waals surface area (Å²) in [6, 6.07) is 17.1. The van der Waals surface area contributed by atoms with Crippen molar-refractivity contribution in [3.05, 3.63) is 48.5 Å². The van der Waals surface area contributed by atoms with Gasteiger partial charge >= 0.3 is 0 Å². The second-order valence-corrected chi connectivity index (χ2v) is 9.17. The van der Waals surface area contributed by atoms with Crippen LogP contribution < -0.4 is 20.1 Å². The summed E-state index contributed by atoms with van der Waals surface area (Å²) in [6.45, 7) is 2.24. The molecule has 25 heavy (non-hydrogen) atoms. The Hall–Kier alpha value is -1.22. The van der Waals surface area contributed by atoms with E-state index in [4.69, 9.17) is 9.47 Å². The van der Waals surface area contributed by atoms with Gasteiger partial charge in [0.2, 0.25) is 0 Å². The van der Waals surface area contributed by atoms with Gasteiger partial charge in [0.25, 0.3) is 0 Å². The van der Waals surface area contributed by atoms with Gasteiger partial charge in [0, 0.05) is 18.8 Å². The predicted molar refractivity (Wildman–Crippen MR) is 113 cm³/mol. The van der Waals surface area contributed by atoms with Crippen LogP contribution in [0.1, 0.15) is 0 Å². The molecule has 3 nitrogen and oxygen atoms in total. The van der Waals surface area contributed by atoms with Crippen molar-refractivity contribution in [2.24, 2.45) is 0 Å². The van der Waals surface area contributed by atoms with E-state index in [-0.39, 0.29) is 0 Å². The van der Waals surface area contributed by atoms with E-state index in [1.165, 1.54) is 16.4 Å². The molecule has 0 aliphatic rings. The number of rotatable bonds is 10. The monoisotopic (exact) mass is 377 g/mol. The first-order valence-electron chi connectivity index (χ1n) is 8.41. The molecule has 0 saturated heterocycles. The molecular formula is C20H28NO2PS. The van der Waals surface area contributed by atoms with E-state index < -0.39 is 7.92 Å². The summed E-state index contributed by atoms with van der Waals surface area (Å²) in [4.78, 5) is 2.43. The Kier molecular flexibility index (Phi) is 8.60. The second kappa shape index (κ2) is 10.7. The molecule has 0 bridgehead atoms. The molecule has 2 rings (SSSR count). The van der Waals surface area contributed by atoms with Crippen molar-refractivity contribution in [1.82, 2.24) is 4.90 Å². The van der Waals surface area contributed by atoms with E-state index in [2.05, 4.69) is 66.7 Å². The zero-order valence-corrected chi connectivity index (χ0v) is 17.3. The Morgan fingerprint density at radius 2 is 1.32 bits per heavy atom. The first-order valence-corrected chi connectivity index (χ1v) is 11.3. The lowest BCUT2D eigenvalue weighted by Gasteiger charge is -2.23. The minimum Gasteiger partial charge on any atom is -0.497 e. The lowest BCUT2D eigenvalue weighted by atomic mass is 10.3. The van der Waals surface area contributed by atoms with E-state index in [0.717, 1.165) is 30.8 Å². The van der Waals surface area contributed by atoms with Crippen molar-refractivity contribution >= 4 is 30.3 Å². The summed E-state index contributed by atoms with van der Waals surface area (Å²) in [7, 11) is 5.24. The Labute approximate surface area is 157 Å². The van der Waals surface area contributed by atoms with Crippen molar-refractivity contribution in [3.63, 3.8) is 0 Å². The fraction of sp³-hybridized carbons (Fsp3) is 0.400. The van der Waals surface area contributed by atoms with Crippen LogP contribution in [0, 0.1) is 0 Å². The highest BCUT2D eigenvalue weighted by molar-refractivity contribution is 7.98. The third kappa shape index (κ3) is 6.22. The molecule has 0 aliphatic carbocycles. The molecule has 0 aliphatic heterocycles. The van der Waals surface area contributed by atoms with Crippen LogP contribution in [0.4, 0.5) is 0 Å². The van der Waals surface area contributed by atoms with E-state index in [9.17, 15) is 0 Å². The Morgan fingerprint density at radius 1 is 0.840 bits per heavy atom. The standard InChI is InChI=1S/C20H28NO2PS/c1-21(14-16-25-4)13-15-24(19-9-5-17(22-2)6-10-19)20-11-7-18(23-3)8-12-20/h5-12H,13-16H2,1-4H3. The summed E-state index contributed by atoms with van der Waals surface area (Å²) in [6.07, 6.45) is 3.31. The van der Waals surface area contributed by atoms with Crippen LogP contribution >= 0.6 is 19.7 Å². The fourth-order valence-corrected chi connectivity index (χ4v) is 5.43. The summed E-state index contributed by atoms with van der Waals surface area (Å²) in [5.41, 5.74) is 0. The van der Waals surface area contributed by atoms with E-state index in [0.29, 0.717) is 0 Å². The van der Waals surface area contributed by atoms with Gasteiger partial charge in [-0.15, -0.1) is 0 Å². The number of thioether (sulfide) groups is 1. The number of nitrogens with zero attached hydrogens (tertiary/aromatic N) is 1. The zero-order chi connectivity index (χ0) is 18.1. The third-order valence-corrected chi connectivity index (χ3v) is 7.23. The topological polar surface area (TPSA) is 21.7 Å². The molecular weight excluding hydrogens is 349 g/mol. The number of methoxy groups -OCH3 is 2. The molecule has 0 atom stereocenters. The SMILES string of the molecule is COc1ccc(P(CCN(C)CCSC)c2ccc(OC)cc2)cc1. The highest BCUT2D eigenvalue weighted by Gasteiger charge is 2.15. The van der Waals surface area contributed by atoms with Crippen molar-refractivity contribution in [3.8, 4) is 11.5 Å². The van der Waals surface area contributed by atoms with Gasteiger partial charge in [0.05, 0.1) is 14.2 Å². The minimum absolute atomic E-state index is 0.393. The van der Waals surface area contributed by atoms with Crippen LogP contribution in [0.15, 0.2) is 48.5 Å². The van der Waals surface area contributed by atoms with Gasteiger partial charge < -0.3 is 14.4 Å². The lowest BCUT2D eigenvalue weighted by Crippen LogP contribution is -2.27. The van der Waals surface area contributed by atoms with Gasteiger partial charge in [-0.1, -0.05) is 24.3 Å². The second-order valence-electron chi connectivity index (χ2n) is 5.84. The van der Waals surface area contributed by atoms with Crippen molar-refractivity contribution in [2.75, 3.05) is 52.5 Å². The normalized spacial score (nSPS) is 11.1. The molecule has 0 fully saturated rings. The minimum atomic E-state index is -0.393. The molecule has 0 unspecified atom stereocenters. The van der Waals surface area contributed by atoms with Gasteiger partial charge in [-0.25, -0.2) is 0 Å². The molecule has 0 heterocycles. The van der Waals surface area contributed by atoms with Crippen LogP contribution in [0.3, 0.4) is 0 Å². The maximum atomic E-state index is 5.31. The summed E-state index contributed by atoms with van der Waals surface area (Å²) in [5, 5.41) is 2.78. The van der Waals surface area contributed by atoms with Gasteiger partial charge in [0.1, 0.15) is 11.5 Å². The molecule has 0 spiro atoms. The van der Waals surface area contributed by atoms with Crippen LogP contribution in [0.5, 0.6) is 11.5 Å². The van der Waals surface area contributed by atoms with Gasteiger partial charge in [-0.2, -0.15) is 11.8 Å². The Bertz CT molecular complexity index is 571. The largest absolute Gasteiger partial charge is 0.497 e. The third-order valence-electron chi connectivity index (χ3n) is 4.15. The first-order chi connectivity index (χ1) is 12.2. The Morgan fingerprint density at radius 3 is 1.72 bits per heavy atom. The molecule has 2 aromatic rings. The van der Waals surface area contributed by atoms with E-state index in [1.807, 2.05) is 11.8 Å². The highest BCUT2D eigenvalue weighted by atomic mass is 32.2. The summed E-state index contributed by atoms with van der Waals surface area (Å²) in [5.74, 6) is 3.00. The molecule has 136 valence electrons. The van der Waals surface area contributed by atoms with Crippen LogP contribution in [-0.4, -0.2) is 57.4 Å². The van der Waals surface area contributed by atoms with E-state index in [1.54, 1.807) is 14.2 Å². The Balaban J connectivity index is 2.17. The van der Waals surface area contributed by atoms with E-state index >= 15 is 0 Å². The molecule has 2 aromatic carbocycles. The number of benzene rings is 2. The smallest absolute Gasteiger partial charge is 0.118 e. The van der Waals surface area contributed by atoms with Crippen molar-refractivity contribution in [1.29, 1.82) is 0 Å². The maximum absolute atomic E-state index is 5.31. The molecule has 0 radical (unpaired) electrons. The molecule has 5 heteroatoms. The van der Waals surface area contributed by atoms with Crippen molar-refractivity contribution < 1.29 is 9.47 Å². The average molecular weight is 377 g/mol. The van der Waals surface area contributed by atoms with Gasteiger partial charge in [-0.3, -0.25) is 0 Å². The first kappa shape index (κ1) is 20.1. The fourth-order valence-electron chi connectivity index (χ4n) is 2.56. The molecule has 0 N–H and O–H groups in total. The number of hydrogen-bond donors (Lipinski definition) is 0. The average Bonchev–Trinajstić information content (AvgIpc) is 2.67. The van der Waals surface area contributed by atoms with Crippen LogP contribution in [0.2, 0.25) is 0 Å². The predicted octanol–water partition coefficient (Wildman–Crippen LogP) is 3.43. The molecule has 0 aromatic heterocycles. The van der Waals surface area contributed by atoms with Crippen molar-refractivity contribution in [2.45, 2.75) is 0 Å². The van der Waals surface area contributed by atoms with Gasteiger partial charge in [0.15, 0.2) is 0 Å². The quantitative estimate of drug-likeness (QED) is 0.592. The molecule has 0 saturated carbocycles. The zero-order valence-electron chi connectivity index (χ0n) is 15.6. The van der Waals surface area contributed by atoms with Gasteiger partial charge in [-0.05, 0) is 62.3 Å². The van der Waals surface area contributed by atoms with Crippen LogP contribution in [-0.2, 0) is 0 Å². The number of ether oxygens (including phenoxy) is 2. The highest BCUT2D eigenvalue weighted by Crippen LogP contribution is 2.34. The molecule has 0 amide bonds. The summed E-state index contributed by atoms with van der Waals surface area (Å²) < 4.78 is 10.6. The maximum Gasteiger partial charge on any atom is 0.118 e. The summed E-state index contributed by atoms with van der Waals surface area (Å²) >= 11 is 1.90. The lowest BCUT2D eigenvalue weighted by molar-refractivity contribution is 0.379.